The Kier molecular flexibility index (Phi) is 1.71. The summed E-state index contributed by atoms with van der Waals surface area (Å²) < 4.78 is 10.3. The van der Waals surface area contributed by atoms with E-state index >= 15 is 0 Å². The highest BCUT2D eigenvalue weighted by molar-refractivity contribution is 8.19. The van der Waals surface area contributed by atoms with Gasteiger partial charge in [-0.1, -0.05) is 9.37 Å². The summed E-state index contributed by atoms with van der Waals surface area (Å²) in [4.78, 5) is 0. The molecule has 0 N–H and O–H groups in total. The standard InChI is InChI=1S/C3H7BOS/c1-3-6(2,4)5/h3H,1-2H3. The van der Waals surface area contributed by atoms with Crippen molar-refractivity contribution in [1.29, 1.82) is 0 Å². The Balaban J connectivity index is 4.24. The molecular formula is C3H7BOS. The molecule has 6 heavy (non-hydrogen) atoms. The van der Waals surface area contributed by atoms with E-state index in [-0.39, 0.29) is 0 Å². The van der Waals surface area contributed by atoms with Crippen LogP contribution in [0, 0.1) is 0 Å². The first-order chi connectivity index (χ1) is 2.56. The molecule has 0 aromatic heterocycles. The predicted octanol–water partition coefficient (Wildman–Crippen LogP) is -0.194. The van der Waals surface area contributed by atoms with Crippen molar-refractivity contribution in [1.82, 2.24) is 0 Å². The molecule has 0 bridgehead atoms. The molecule has 34 valence electrons. The largest absolute Gasteiger partial charge is 0.280 e. The van der Waals surface area contributed by atoms with Crippen LogP contribution >= 0.6 is 0 Å². The van der Waals surface area contributed by atoms with Gasteiger partial charge in [-0.05, 0) is 18.5 Å². The summed E-state index contributed by atoms with van der Waals surface area (Å²) in [6, 6.07) is 0. The average molecular weight is 102 g/mol. The minimum atomic E-state index is -2.04. The van der Waals surface area contributed by atoms with E-state index in [0.29, 0.717) is 0 Å². The minimum absolute atomic E-state index is 1.49. The second-order valence-electron chi connectivity index (χ2n) is 1.20. The molecule has 0 spiro atoms. The van der Waals surface area contributed by atoms with E-state index in [4.69, 9.17) is 7.12 Å². The summed E-state index contributed by atoms with van der Waals surface area (Å²) in [6.45, 7) is 1.68. The van der Waals surface area contributed by atoms with Gasteiger partial charge in [-0.15, -0.1) is 0 Å². The molecule has 1 nitrogen and oxygen atoms in total. The summed E-state index contributed by atoms with van der Waals surface area (Å²) in [6.07, 6.45) is 1.49. The highest BCUT2D eigenvalue weighted by atomic mass is 32.2. The summed E-state index contributed by atoms with van der Waals surface area (Å²) in [5.74, 6) is 0. The molecule has 2 radical (unpaired) electrons. The van der Waals surface area contributed by atoms with Gasteiger partial charge >= 0.3 is 0 Å². The molecule has 0 aliphatic heterocycles. The van der Waals surface area contributed by atoms with Crippen LogP contribution in [0.4, 0.5) is 0 Å². The topological polar surface area (TPSA) is 17.1 Å². The lowest BCUT2D eigenvalue weighted by Crippen LogP contribution is -1.94. The Morgan fingerprint density at radius 1 is 1.83 bits per heavy atom. The van der Waals surface area contributed by atoms with Crippen LogP contribution in [0.2, 0.25) is 0 Å². The highest BCUT2D eigenvalue weighted by Crippen LogP contribution is 1.67. The van der Waals surface area contributed by atoms with Crippen LogP contribution in [0.1, 0.15) is 6.92 Å². The SMILES string of the molecule is [B]S(C)(=O)=CC. The first kappa shape index (κ1) is 6.08. The molecule has 0 saturated carbocycles. The van der Waals surface area contributed by atoms with E-state index in [1.165, 1.54) is 11.6 Å². The zero-order valence-corrected chi connectivity index (χ0v) is 4.79. The molecule has 1 unspecified atom stereocenters. The Labute approximate surface area is 40.1 Å². The summed E-state index contributed by atoms with van der Waals surface area (Å²) in [7, 11) is 2.97. The van der Waals surface area contributed by atoms with Crippen molar-refractivity contribution in [3.05, 3.63) is 0 Å². The van der Waals surface area contributed by atoms with E-state index in [9.17, 15) is 4.21 Å². The van der Waals surface area contributed by atoms with Crippen molar-refractivity contribution in [3.8, 4) is 0 Å². The lowest BCUT2D eigenvalue weighted by molar-refractivity contribution is 0.692. The van der Waals surface area contributed by atoms with E-state index < -0.39 is 9.37 Å². The van der Waals surface area contributed by atoms with Gasteiger partial charge in [0, 0.05) is 0 Å². The maximum absolute atomic E-state index is 10.3. The first-order valence-electron chi connectivity index (χ1n) is 1.62. The molecule has 0 amide bonds. The Hall–Kier alpha value is 0.0849. The Morgan fingerprint density at radius 2 is 2.00 bits per heavy atom. The maximum Gasteiger partial charge on any atom is 0.199 e. The van der Waals surface area contributed by atoms with Crippen LogP contribution in [0.5, 0.6) is 0 Å². The molecule has 0 aliphatic rings. The fraction of sp³-hybridized carbons (Fsp3) is 0.667. The smallest absolute Gasteiger partial charge is 0.199 e. The van der Waals surface area contributed by atoms with Gasteiger partial charge in [0.05, 0.1) is 0 Å². The van der Waals surface area contributed by atoms with E-state index in [1.54, 1.807) is 6.92 Å². The van der Waals surface area contributed by atoms with Crippen LogP contribution in [0.3, 0.4) is 0 Å². The zero-order valence-electron chi connectivity index (χ0n) is 3.97. The fourth-order valence-corrected chi connectivity index (χ4v) is 0. The van der Waals surface area contributed by atoms with Crippen molar-refractivity contribution in [2.75, 3.05) is 6.26 Å². The van der Waals surface area contributed by atoms with Gasteiger partial charge in [0.2, 0.25) is 0 Å². The molecule has 0 aromatic rings. The summed E-state index contributed by atoms with van der Waals surface area (Å²) >= 11 is 0. The Morgan fingerprint density at radius 3 is 2.00 bits per heavy atom. The average Bonchev–Trinajstić information content (AvgIpc) is 1.35. The van der Waals surface area contributed by atoms with Crippen molar-refractivity contribution in [2.24, 2.45) is 0 Å². The minimum Gasteiger partial charge on any atom is -0.280 e. The lowest BCUT2D eigenvalue weighted by Gasteiger charge is -1.84. The van der Waals surface area contributed by atoms with Crippen molar-refractivity contribution in [2.45, 2.75) is 6.92 Å². The van der Waals surface area contributed by atoms with Gasteiger partial charge in [0.25, 0.3) is 0 Å². The van der Waals surface area contributed by atoms with Crippen LogP contribution in [-0.4, -0.2) is 23.0 Å². The molecule has 0 aliphatic carbocycles. The number of hydrogen-bond acceptors (Lipinski definition) is 1. The molecule has 0 saturated heterocycles. The monoisotopic (exact) mass is 102 g/mol. The third kappa shape index (κ3) is 4.08. The highest BCUT2D eigenvalue weighted by Gasteiger charge is 1.77. The van der Waals surface area contributed by atoms with Crippen LogP contribution in [0.25, 0.3) is 0 Å². The summed E-state index contributed by atoms with van der Waals surface area (Å²) in [5, 5.41) is 1.49. The first-order valence-corrected chi connectivity index (χ1v) is 3.72. The third-order valence-corrected chi connectivity index (χ3v) is 1.40. The van der Waals surface area contributed by atoms with Crippen molar-refractivity contribution < 1.29 is 4.21 Å². The third-order valence-electron chi connectivity index (χ3n) is 0.468. The van der Waals surface area contributed by atoms with Crippen molar-refractivity contribution in [3.63, 3.8) is 0 Å². The van der Waals surface area contributed by atoms with E-state index in [2.05, 4.69) is 0 Å². The zero-order chi connectivity index (χ0) is 5.21. The molecule has 3 heteroatoms. The number of rotatable bonds is 0. The normalized spacial score (nSPS) is 19.0. The molecule has 0 rings (SSSR count). The molecule has 0 heterocycles. The van der Waals surface area contributed by atoms with Crippen LogP contribution in [0.15, 0.2) is 0 Å². The molecule has 0 fully saturated rings. The second-order valence-corrected chi connectivity index (χ2v) is 3.61. The predicted molar refractivity (Wildman–Crippen MR) is 31.6 cm³/mol. The fourth-order valence-electron chi connectivity index (χ4n) is 0. The van der Waals surface area contributed by atoms with E-state index in [1.807, 2.05) is 0 Å². The van der Waals surface area contributed by atoms with Crippen LogP contribution < -0.4 is 0 Å². The summed E-state index contributed by atoms with van der Waals surface area (Å²) in [5.41, 5.74) is 0. The Bertz CT molecular complexity index is 124. The van der Waals surface area contributed by atoms with Crippen LogP contribution in [-0.2, 0) is 9.37 Å². The second kappa shape index (κ2) is 1.69. The van der Waals surface area contributed by atoms with Gasteiger partial charge in [-0.25, -0.2) is 0 Å². The quantitative estimate of drug-likeness (QED) is 0.306. The van der Waals surface area contributed by atoms with Gasteiger partial charge < -0.3 is 0 Å². The van der Waals surface area contributed by atoms with Gasteiger partial charge in [0.1, 0.15) is 0 Å². The molecular weight excluding hydrogens is 94.9 g/mol. The maximum atomic E-state index is 10.3. The van der Waals surface area contributed by atoms with E-state index in [0.717, 1.165) is 0 Å². The number of hydrogen-bond donors (Lipinski definition) is 0. The lowest BCUT2D eigenvalue weighted by atomic mass is 10.8. The van der Waals surface area contributed by atoms with Crippen molar-refractivity contribution >= 4 is 21.9 Å². The molecule has 0 aromatic carbocycles. The van der Waals surface area contributed by atoms with Gasteiger partial charge in [-0.2, -0.15) is 0 Å². The van der Waals surface area contributed by atoms with Gasteiger partial charge in [0.15, 0.2) is 7.12 Å². The molecule has 1 atom stereocenters. The van der Waals surface area contributed by atoms with Gasteiger partial charge in [-0.3, -0.25) is 4.21 Å².